The molecule has 0 aliphatic carbocycles. The van der Waals surface area contributed by atoms with Crippen LogP contribution in [0.3, 0.4) is 0 Å². The van der Waals surface area contributed by atoms with E-state index in [1.807, 2.05) is 0 Å². The van der Waals surface area contributed by atoms with Crippen LogP contribution in [0, 0.1) is 6.92 Å². The lowest BCUT2D eigenvalue weighted by Crippen LogP contribution is -2.35. The number of esters is 1. The van der Waals surface area contributed by atoms with Crippen LogP contribution in [-0.4, -0.2) is 58.6 Å². The highest BCUT2D eigenvalue weighted by molar-refractivity contribution is 7.89. The van der Waals surface area contributed by atoms with Gasteiger partial charge in [0.15, 0.2) is 0 Å². The van der Waals surface area contributed by atoms with Crippen molar-refractivity contribution < 1.29 is 26.4 Å². The summed E-state index contributed by atoms with van der Waals surface area (Å²) in [7, 11) is -4.41. The van der Waals surface area contributed by atoms with E-state index in [1.54, 1.807) is 25.1 Å². The number of hydrogen-bond acceptors (Lipinski definition) is 6. The van der Waals surface area contributed by atoms with Gasteiger partial charge < -0.3 is 4.74 Å². The first-order valence-corrected chi connectivity index (χ1v) is 13.2. The number of piperidine rings is 1. The first kappa shape index (κ1) is 24.4. The summed E-state index contributed by atoms with van der Waals surface area (Å²) in [4.78, 5) is 12.9. The van der Waals surface area contributed by atoms with Crippen LogP contribution in [0.2, 0.25) is 0 Å². The van der Waals surface area contributed by atoms with E-state index in [0.717, 1.165) is 23.6 Å². The Kier molecular flexibility index (Phi) is 7.39. The average Bonchev–Trinajstić information content (AvgIpc) is 2.78. The van der Waals surface area contributed by atoms with Crippen LogP contribution in [0.15, 0.2) is 52.3 Å². The minimum Gasteiger partial charge on any atom is -0.457 e. The zero-order chi connectivity index (χ0) is 23.5. The summed E-state index contributed by atoms with van der Waals surface area (Å²) in [5, 5.41) is 0. The van der Waals surface area contributed by atoms with E-state index in [-0.39, 0.29) is 22.0 Å². The number of aryl methyl sites for hydroxylation is 1. The molecule has 1 fully saturated rings. The molecule has 1 saturated heterocycles. The molecule has 2 aromatic carbocycles. The van der Waals surface area contributed by atoms with Gasteiger partial charge in [-0.15, -0.1) is 0 Å². The number of hydrogen-bond donors (Lipinski definition) is 0. The van der Waals surface area contributed by atoms with Gasteiger partial charge in [0.05, 0.1) is 15.4 Å². The van der Waals surface area contributed by atoms with Crippen molar-refractivity contribution in [3.63, 3.8) is 0 Å². The molecule has 1 aliphatic heterocycles. The molecule has 3 rings (SSSR count). The van der Waals surface area contributed by atoms with E-state index in [9.17, 15) is 21.6 Å². The summed E-state index contributed by atoms with van der Waals surface area (Å²) in [6.07, 6.45) is 2.65. The van der Waals surface area contributed by atoms with Crippen molar-refractivity contribution in [1.29, 1.82) is 0 Å². The number of rotatable bonds is 7. The van der Waals surface area contributed by atoms with Crippen molar-refractivity contribution in [3.8, 4) is 0 Å². The van der Waals surface area contributed by atoms with Gasteiger partial charge in [-0.05, 0) is 55.2 Å². The number of benzene rings is 2. The van der Waals surface area contributed by atoms with Gasteiger partial charge in [0.25, 0.3) is 0 Å². The minimum absolute atomic E-state index is 0.0658. The molecule has 0 unspecified atom stereocenters. The molecule has 0 atom stereocenters. The molecule has 0 N–H and O–H groups in total. The molecule has 0 radical (unpaired) electrons. The zero-order valence-electron chi connectivity index (χ0n) is 18.4. The predicted molar refractivity (Wildman–Crippen MR) is 120 cm³/mol. The molecular formula is C22H28N2O6S2. The van der Waals surface area contributed by atoms with Crippen LogP contribution in [0.5, 0.6) is 0 Å². The first-order chi connectivity index (χ1) is 15.0. The maximum Gasteiger partial charge on any atom is 0.338 e. The quantitative estimate of drug-likeness (QED) is 0.565. The lowest BCUT2D eigenvalue weighted by Gasteiger charge is -2.26. The summed E-state index contributed by atoms with van der Waals surface area (Å²) in [5.41, 5.74) is 1.27. The van der Waals surface area contributed by atoms with Gasteiger partial charge >= 0.3 is 5.97 Å². The van der Waals surface area contributed by atoms with Gasteiger partial charge in [-0.3, -0.25) is 0 Å². The summed E-state index contributed by atoms with van der Waals surface area (Å²) < 4.78 is 58.5. The zero-order valence-corrected chi connectivity index (χ0v) is 20.1. The topological polar surface area (TPSA) is 101 Å². The molecule has 0 aromatic heterocycles. The van der Waals surface area contributed by atoms with E-state index < -0.39 is 26.0 Å². The van der Waals surface area contributed by atoms with Gasteiger partial charge in [-0.1, -0.05) is 24.6 Å². The standard InChI is InChI=1S/C22H28N2O6S2/c1-17-10-11-20(32(28,29)24-12-5-4-6-13-24)15-21(17)22(25)30-16-18-8-7-9-19(14-18)31(26,27)23(2)3/h7-11,14-15H,4-6,12-13,16H2,1-3H3. The van der Waals surface area contributed by atoms with Gasteiger partial charge in [0.1, 0.15) is 6.61 Å². The van der Waals surface area contributed by atoms with Crippen LogP contribution in [0.1, 0.15) is 40.7 Å². The monoisotopic (exact) mass is 480 g/mol. The largest absolute Gasteiger partial charge is 0.457 e. The second-order valence-corrected chi connectivity index (χ2v) is 12.0. The molecule has 0 amide bonds. The summed E-state index contributed by atoms with van der Waals surface area (Å²) in [5.74, 6) is -0.668. The Morgan fingerprint density at radius 2 is 1.66 bits per heavy atom. The average molecular weight is 481 g/mol. The van der Waals surface area contributed by atoms with Crippen molar-refractivity contribution in [1.82, 2.24) is 8.61 Å². The maximum atomic E-state index is 13.0. The fourth-order valence-electron chi connectivity index (χ4n) is 3.47. The predicted octanol–water partition coefficient (Wildman–Crippen LogP) is 2.78. The normalized spacial score (nSPS) is 15.6. The van der Waals surface area contributed by atoms with Crippen molar-refractivity contribution in [2.75, 3.05) is 27.2 Å². The van der Waals surface area contributed by atoms with Gasteiger partial charge in [-0.25, -0.2) is 25.9 Å². The van der Waals surface area contributed by atoms with E-state index in [2.05, 4.69) is 0 Å². The van der Waals surface area contributed by atoms with Crippen LogP contribution in [0.25, 0.3) is 0 Å². The molecule has 1 heterocycles. The SMILES string of the molecule is Cc1ccc(S(=O)(=O)N2CCCCC2)cc1C(=O)OCc1cccc(S(=O)(=O)N(C)C)c1. The molecule has 0 saturated carbocycles. The fraction of sp³-hybridized carbons (Fsp3) is 0.409. The van der Waals surface area contributed by atoms with Crippen LogP contribution >= 0.6 is 0 Å². The van der Waals surface area contributed by atoms with Crippen molar-refractivity contribution in [2.24, 2.45) is 0 Å². The molecule has 1 aliphatic rings. The third-order valence-electron chi connectivity index (χ3n) is 5.43. The molecule has 0 bridgehead atoms. The fourth-order valence-corrected chi connectivity index (χ4v) is 5.99. The Morgan fingerprint density at radius 1 is 0.969 bits per heavy atom. The molecule has 32 heavy (non-hydrogen) atoms. The van der Waals surface area contributed by atoms with E-state index in [0.29, 0.717) is 24.2 Å². The molecule has 10 heteroatoms. The lowest BCUT2D eigenvalue weighted by molar-refractivity contribution is 0.0471. The van der Waals surface area contributed by atoms with Crippen LogP contribution in [0.4, 0.5) is 0 Å². The van der Waals surface area contributed by atoms with Gasteiger partial charge in [-0.2, -0.15) is 4.31 Å². The highest BCUT2D eigenvalue weighted by Crippen LogP contribution is 2.24. The van der Waals surface area contributed by atoms with Crippen LogP contribution < -0.4 is 0 Å². The number of carbonyl (C=O) groups excluding carboxylic acids is 1. The highest BCUT2D eigenvalue weighted by Gasteiger charge is 2.27. The molecule has 2 aromatic rings. The summed E-state index contributed by atoms with van der Waals surface area (Å²) >= 11 is 0. The minimum atomic E-state index is -3.68. The third kappa shape index (κ3) is 5.20. The maximum absolute atomic E-state index is 13.0. The van der Waals surface area contributed by atoms with Crippen molar-refractivity contribution in [3.05, 3.63) is 59.2 Å². The Bertz CT molecular complexity index is 1200. The van der Waals surface area contributed by atoms with Gasteiger partial charge in [0.2, 0.25) is 20.0 Å². The third-order valence-corrected chi connectivity index (χ3v) is 9.13. The molecule has 8 nitrogen and oxygen atoms in total. The highest BCUT2D eigenvalue weighted by atomic mass is 32.2. The second kappa shape index (κ2) is 9.70. The summed E-state index contributed by atoms with van der Waals surface area (Å²) in [6.45, 7) is 2.51. The smallest absolute Gasteiger partial charge is 0.338 e. The van der Waals surface area contributed by atoms with E-state index in [4.69, 9.17) is 4.74 Å². The number of sulfonamides is 2. The molecular weight excluding hydrogens is 452 g/mol. The van der Waals surface area contributed by atoms with E-state index >= 15 is 0 Å². The Hall–Kier alpha value is -2.27. The van der Waals surface area contributed by atoms with Crippen molar-refractivity contribution in [2.45, 2.75) is 42.6 Å². The Labute approximate surface area is 189 Å². The Balaban J connectivity index is 1.78. The first-order valence-electron chi connectivity index (χ1n) is 10.3. The summed E-state index contributed by atoms with van der Waals surface area (Å²) in [6, 6.07) is 10.6. The second-order valence-electron chi connectivity index (χ2n) is 7.95. The van der Waals surface area contributed by atoms with E-state index in [1.165, 1.54) is 42.7 Å². The number of ether oxygens (including phenoxy) is 1. The Morgan fingerprint density at radius 3 is 2.31 bits per heavy atom. The molecule has 0 spiro atoms. The lowest BCUT2D eigenvalue weighted by atomic mass is 10.1. The number of carbonyl (C=O) groups is 1. The van der Waals surface area contributed by atoms with Crippen molar-refractivity contribution >= 4 is 26.0 Å². The van der Waals surface area contributed by atoms with Gasteiger partial charge in [0, 0.05) is 27.2 Å². The number of nitrogens with zero attached hydrogens (tertiary/aromatic N) is 2. The molecule has 174 valence electrons. The van der Waals surface area contributed by atoms with Crippen LogP contribution in [-0.2, 0) is 31.4 Å².